The Labute approximate surface area is 138 Å². The lowest BCUT2D eigenvalue weighted by Gasteiger charge is -2.50. The Morgan fingerprint density at radius 3 is 2.58 bits per heavy atom. The van der Waals surface area contributed by atoms with Crippen LogP contribution in [0.1, 0.15) is 49.7 Å². The van der Waals surface area contributed by atoms with E-state index in [2.05, 4.69) is 15.0 Å². The first-order valence-electron chi connectivity index (χ1n) is 8.66. The average molecular weight is 345 g/mol. The molecule has 1 aromatic rings. The molecule has 4 rings (SSSR count). The van der Waals surface area contributed by atoms with Crippen LogP contribution in [0, 0.1) is 11.3 Å². The van der Waals surface area contributed by atoms with Gasteiger partial charge in [0.15, 0.2) is 5.82 Å². The van der Waals surface area contributed by atoms with Crippen molar-refractivity contribution < 1.29 is 22.4 Å². The number of aromatic nitrogens is 2. The molecule has 1 spiro atoms. The molecule has 0 amide bonds. The maximum Gasteiger partial charge on any atom is 0.392 e. The fourth-order valence-electron chi connectivity index (χ4n) is 4.21. The molecular formula is C16H22F3N3O2. The number of halogens is 3. The zero-order valence-electron chi connectivity index (χ0n) is 13.5. The molecule has 0 N–H and O–H groups in total. The first-order chi connectivity index (χ1) is 11.5. The Balaban J connectivity index is 1.47. The average Bonchev–Trinajstić information content (AvgIpc) is 3.27. The van der Waals surface area contributed by atoms with Gasteiger partial charge in [0.2, 0.25) is 5.89 Å². The molecule has 1 saturated carbocycles. The molecule has 24 heavy (non-hydrogen) atoms. The highest BCUT2D eigenvalue weighted by Gasteiger charge is 2.55. The van der Waals surface area contributed by atoms with Crippen molar-refractivity contribution in [2.45, 2.75) is 50.7 Å². The zero-order chi connectivity index (χ0) is 16.8. The lowest BCUT2D eigenvalue weighted by molar-refractivity contribution is -0.236. The highest BCUT2D eigenvalue weighted by molar-refractivity contribution is 5.03. The molecule has 1 atom stereocenters. The second-order valence-corrected chi connectivity index (χ2v) is 7.39. The van der Waals surface area contributed by atoms with Gasteiger partial charge in [-0.2, -0.15) is 18.2 Å². The summed E-state index contributed by atoms with van der Waals surface area (Å²) < 4.78 is 51.2. The van der Waals surface area contributed by atoms with Crippen LogP contribution in [-0.4, -0.2) is 47.5 Å². The number of likely N-dealkylation sites (tertiary alicyclic amines) is 1. The summed E-state index contributed by atoms with van der Waals surface area (Å²) in [5.74, 6) is 0.419. The van der Waals surface area contributed by atoms with E-state index in [0.717, 1.165) is 12.8 Å². The molecule has 0 bridgehead atoms. The van der Waals surface area contributed by atoms with E-state index >= 15 is 0 Å². The van der Waals surface area contributed by atoms with Crippen molar-refractivity contribution in [1.29, 1.82) is 0 Å². The summed E-state index contributed by atoms with van der Waals surface area (Å²) in [4.78, 5) is 6.45. The van der Waals surface area contributed by atoms with Gasteiger partial charge in [0, 0.05) is 25.7 Å². The van der Waals surface area contributed by atoms with Gasteiger partial charge in [0.05, 0.1) is 12.5 Å². The third kappa shape index (κ3) is 3.18. The first kappa shape index (κ1) is 16.3. The van der Waals surface area contributed by atoms with Gasteiger partial charge in [0.25, 0.3) is 0 Å². The summed E-state index contributed by atoms with van der Waals surface area (Å²) in [6.45, 7) is 2.13. The molecule has 0 aromatic carbocycles. The number of hydrogen-bond acceptors (Lipinski definition) is 5. The van der Waals surface area contributed by atoms with Crippen LogP contribution in [0.2, 0.25) is 0 Å². The van der Waals surface area contributed by atoms with Crippen LogP contribution >= 0.6 is 0 Å². The minimum Gasteiger partial charge on any atom is -0.381 e. The van der Waals surface area contributed by atoms with E-state index in [1.54, 1.807) is 0 Å². The molecular weight excluding hydrogens is 323 g/mol. The van der Waals surface area contributed by atoms with Gasteiger partial charge in [-0.3, -0.25) is 4.90 Å². The van der Waals surface area contributed by atoms with E-state index in [1.807, 2.05) is 0 Å². The molecule has 3 aliphatic rings. The Morgan fingerprint density at radius 1 is 1.17 bits per heavy atom. The van der Waals surface area contributed by atoms with E-state index < -0.39 is 17.5 Å². The summed E-state index contributed by atoms with van der Waals surface area (Å²) in [5, 5.41) is 4.00. The van der Waals surface area contributed by atoms with Gasteiger partial charge in [0.1, 0.15) is 0 Å². The van der Waals surface area contributed by atoms with Crippen molar-refractivity contribution in [2.75, 3.05) is 26.3 Å². The van der Waals surface area contributed by atoms with Gasteiger partial charge >= 0.3 is 6.18 Å². The van der Waals surface area contributed by atoms with Crippen molar-refractivity contribution in [3.63, 3.8) is 0 Å². The maximum absolute atomic E-state index is 13.5. The summed E-state index contributed by atoms with van der Waals surface area (Å²) >= 11 is 0. The van der Waals surface area contributed by atoms with Crippen LogP contribution in [0.3, 0.4) is 0 Å². The number of nitrogens with zero attached hydrogens (tertiary/aromatic N) is 3. The molecule has 2 aliphatic heterocycles. The zero-order valence-corrected chi connectivity index (χ0v) is 13.5. The molecule has 3 heterocycles. The lowest BCUT2D eigenvalue weighted by atomic mass is 9.66. The highest BCUT2D eigenvalue weighted by Crippen LogP contribution is 2.51. The predicted molar refractivity (Wildman–Crippen MR) is 78.2 cm³/mol. The van der Waals surface area contributed by atoms with Crippen molar-refractivity contribution >= 4 is 0 Å². The quantitative estimate of drug-likeness (QED) is 0.842. The van der Waals surface area contributed by atoms with Crippen LogP contribution in [-0.2, 0) is 11.3 Å². The summed E-state index contributed by atoms with van der Waals surface area (Å²) in [6, 6.07) is 0. The van der Waals surface area contributed by atoms with E-state index in [1.165, 1.54) is 0 Å². The SMILES string of the molecule is FC(F)(F)C1CCN(Cc2noc(C3CC3)n2)CC12CCOCC2. The van der Waals surface area contributed by atoms with E-state index in [9.17, 15) is 13.2 Å². The van der Waals surface area contributed by atoms with E-state index in [0.29, 0.717) is 63.3 Å². The van der Waals surface area contributed by atoms with Crippen LogP contribution in [0.5, 0.6) is 0 Å². The topological polar surface area (TPSA) is 51.4 Å². The molecule has 134 valence electrons. The maximum atomic E-state index is 13.5. The van der Waals surface area contributed by atoms with Gasteiger partial charge in [-0.15, -0.1) is 0 Å². The Kier molecular flexibility index (Phi) is 4.07. The predicted octanol–water partition coefficient (Wildman–Crippen LogP) is 3.13. The second-order valence-electron chi connectivity index (χ2n) is 7.39. The van der Waals surface area contributed by atoms with Crippen LogP contribution in [0.15, 0.2) is 4.52 Å². The number of alkyl halides is 3. The Bertz CT molecular complexity index is 579. The van der Waals surface area contributed by atoms with E-state index in [4.69, 9.17) is 9.26 Å². The molecule has 0 radical (unpaired) electrons. The van der Waals surface area contributed by atoms with Crippen molar-refractivity contribution in [3.8, 4) is 0 Å². The van der Waals surface area contributed by atoms with Crippen molar-refractivity contribution in [3.05, 3.63) is 11.7 Å². The molecule has 1 unspecified atom stereocenters. The summed E-state index contributed by atoms with van der Waals surface area (Å²) in [7, 11) is 0. The standard InChI is InChI=1S/C16H22F3N3O2/c17-16(18,19)12-3-6-22(10-15(12)4-7-23-8-5-15)9-13-20-14(24-21-13)11-1-2-11/h11-12H,1-10H2. The monoisotopic (exact) mass is 345 g/mol. The molecule has 8 heteroatoms. The van der Waals surface area contributed by atoms with Gasteiger partial charge in [-0.1, -0.05) is 5.16 Å². The normalized spacial score (nSPS) is 28.4. The Hall–Kier alpha value is -1.15. The second kappa shape index (κ2) is 5.98. The third-order valence-electron chi connectivity index (χ3n) is 5.67. The molecule has 1 aromatic heterocycles. The van der Waals surface area contributed by atoms with Gasteiger partial charge in [-0.05, 0) is 44.1 Å². The fraction of sp³-hybridized carbons (Fsp3) is 0.875. The Morgan fingerprint density at radius 2 is 1.92 bits per heavy atom. The van der Waals surface area contributed by atoms with Crippen molar-refractivity contribution in [1.82, 2.24) is 15.0 Å². The fourth-order valence-corrected chi connectivity index (χ4v) is 4.21. The van der Waals surface area contributed by atoms with Gasteiger partial charge in [-0.25, -0.2) is 0 Å². The van der Waals surface area contributed by atoms with Crippen LogP contribution < -0.4 is 0 Å². The number of piperidine rings is 1. The van der Waals surface area contributed by atoms with Crippen LogP contribution in [0.25, 0.3) is 0 Å². The molecule has 2 saturated heterocycles. The molecule has 1 aliphatic carbocycles. The van der Waals surface area contributed by atoms with Gasteiger partial charge < -0.3 is 9.26 Å². The highest BCUT2D eigenvalue weighted by atomic mass is 19.4. The minimum absolute atomic E-state index is 0.136. The molecule has 3 fully saturated rings. The minimum atomic E-state index is -4.14. The lowest BCUT2D eigenvalue weighted by Crippen LogP contribution is -2.55. The van der Waals surface area contributed by atoms with E-state index in [-0.39, 0.29) is 6.42 Å². The number of ether oxygens (including phenoxy) is 1. The largest absolute Gasteiger partial charge is 0.392 e. The molecule has 5 nitrogen and oxygen atoms in total. The van der Waals surface area contributed by atoms with Crippen LogP contribution in [0.4, 0.5) is 13.2 Å². The van der Waals surface area contributed by atoms with Crippen molar-refractivity contribution in [2.24, 2.45) is 11.3 Å². The summed E-state index contributed by atoms with van der Waals surface area (Å²) in [5.41, 5.74) is -0.738. The third-order valence-corrected chi connectivity index (χ3v) is 5.67. The number of rotatable bonds is 3. The number of hydrogen-bond donors (Lipinski definition) is 0. The first-order valence-corrected chi connectivity index (χ1v) is 8.66. The smallest absolute Gasteiger partial charge is 0.381 e. The summed E-state index contributed by atoms with van der Waals surface area (Å²) in [6.07, 6.45) is -0.907.